The molecule has 0 aliphatic carbocycles. The number of esters is 1. The Balaban J connectivity index is 2.57. The van der Waals surface area contributed by atoms with Gasteiger partial charge in [0.2, 0.25) is 5.91 Å². The van der Waals surface area contributed by atoms with Crippen LogP contribution >= 0.6 is 0 Å². The minimum absolute atomic E-state index is 0.0429. The van der Waals surface area contributed by atoms with Crippen LogP contribution in [0.15, 0.2) is 30.3 Å². The van der Waals surface area contributed by atoms with Crippen LogP contribution in [0, 0.1) is 0 Å². The van der Waals surface area contributed by atoms with Gasteiger partial charge < -0.3 is 14.8 Å². The number of halogens is 2. The normalized spacial score (nSPS) is 11.6. The van der Waals surface area contributed by atoms with Crippen LogP contribution in [0.4, 0.5) is 8.78 Å². The quantitative estimate of drug-likeness (QED) is 0.644. The molecule has 7 heteroatoms. The van der Waals surface area contributed by atoms with Gasteiger partial charge in [0, 0.05) is 11.6 Å². The second kappa shape index (κ2) is 8.26. The molecule has 0 aromatic heterocycles. The molecule has 1 N–H and O–H groups in total. The highest BCUT2D eigenvalue weighted by Crippen LogP contribution is 2.21. The summed E-state index contributed by atoms with van der Waals surface area (Å²) in [5, 5.41) is 2.35. The highest BCUT2D eigenvalue weighted by molar-refractivity contribution is 5.93. The van der Waals surface area contributed by atoms with Crippen molar-refractivity contribution in [2.45, 2.75) is 33.0 Å². The molecule has 1 amide bonds. The molecule has 23 heavy (non-hydrogen) atoms. The molecule has 126 valence electrons. The fraction of sp³-hybridized carbons (Fsp3) is 0.375. The van der Waals surface area contributed by atoms with Gasteiger partial charge in [-0.1, -0.05) is 18.2 Å². The highest BCUT2D eigenvalue weighted by atomic mass is 19.3. The van der Waals surface area contributed by atoms with Crippen molar-refractivity contribution in [3.63, 3.8) is 0 Å². The number of amides is 1. The minimum Gasteiger partial charge on any atom is -0.459 e. The molecule has 0 saturated carbocycles. The van der Waals surface area contributed by atoms with E-state index in [0.29, 0.717) is 5.56 Å². The van der Waals surface area contributed by atoms with Gasteiger partial charge in [-0.3, -0.25) is 9.59 Å². The number of para-hydroxylation sites is 1. The topological polar surface area (TPSA) is 64.6 Å². The zero-order valence-electron chi connectivity index (χ0n) is 13.1. The molecule has 0 aliphatic rings. The Morgan fingerprint density at radius 1 is 1.26 bits per heavy atom. The van der Waals surface area contributed by atoms with Crippen molar-refractivity contribution in [2.75, 3.05) is 6.54 Å². The maximum atomic E-state index is 12.3. The monoisotopic (exact) mass is 327 g/mol. The maximum absolute atomic E-state index is 12.3. The van der Waals surface area contributed by atoms with Gasteiger partial charge >= 0.3 is 12.6 Å². The number of carbonyl (C=O) groups is 2. The van der Waals surface area contributed by atoms with E-state index in [-0.39, 0.29) is 12.3 Å². The van der Waals surface area contributed by atoms with E-state index in [4.69, 9.17) is 4.74 Å². The Labute approximate surface area is 133 Å². The average molecular weight is 327 g/mol. The highest BCUT2D eigenvalue weighted by Gasteiger charge is 2.16. The summed E-state index contributed by atoms with van der Waals surface area (Å²) < 4.78 is 33.9. The van der Waals surface area contributed by atoms with Gasteiger partial charge in [0.25, 0.3) is 0 Å². The van der Waals surface area contributed by atoms with Crippen molar-refractivity contribution in [2.24, 2.45) is 0 Å². The van der Waals surface area contributed by atoms with Gasteiger partial charge in [-0.2, -0.15) is 8.78 Å². The fourth-order valence-electron chi connectivity index (χ4n) is 1.58. The third-order valence-electron chi connectivity index (χ3n) is 2.38. The maximum Gasteiger partial charge on any atom is 0.387 e. The molecular weight excluding hydrogens is 308 g/mol. The zero-order valence-corrected chi connectivity index (χ0v) is 13.1. The van der Waals surface area contributed by atoms with E-state index < -0.39 is 24.1 Å². The summed E-state index contributed by atoms with van der Waals surface area (Å²) in [4.78, 5) is 23.1. The average Bonchev–Trinajstić information content (AvgIpc) is 2.41. The number of hydrogen-bond donors (Lipinski definition) is 1. The van der Waals surface area contributed by atoms with Crippen molar-refractivity contribution >= 4 is 18.0 Å². The van der Waals surface area contributed by atoms with Crippen molar-refractivity contribution in [3.8, 4) is 5.75 Å². The lowest BCUT2D eigenvalue weighted by Crippen LogP contribution is -2.33. The summed E-state index contributed by atoms with van der Waals surface area (Å²) >= 11 is 0. The SMILES string of the molecule is CC(C)(C)OC(=O)CNC(=O)C=Cc1ccccc1OC(F)F. The standard InChI is InChI=1S/C16H19F2NO4/c1-16(2,3)23-14(21)10-19-13(20)9-8-11-6-4-5-7-12(11)22-15(17)18/h4-9,15H,10H2,1-3H3,(H,19,20). The Morgan fingerprint density at radius 3 is 2.52 bits per heavy atom. The molecule has 0 unspecified atom stereocenters. The predicted molar refractivity (Wildman–Crippen MR) is 81.0 cm³/mol. The lowest BCUT2D eigenvalue weighted by molar-refractivity contribution is -0.154. The molecule has 0 spiro atoms. The van der Waals surface area contributed by atoms with Crippen LogP contribution in [0.25, 0.3) is 6.08 Å². The van der Waals surface area contributed by atoms with E-state index in [9.17, 15) is 18.4 Å². The van der Waals surface area contributed by atoms with Crippen LogP contribution in [0.1, 0.15) is 26.3 Å². The smallest absolute Gasteiger partial charge is 0.387 e. The van der Waals surface area contributed by atoms with Crippen LogP contribution in [0.2, 0.25) is 0 Å². The Bertz CT molecular complexity index is 580. The van der Waals surface area contributed by atoms with Crippen molar-refractivity contribution in [1.82, 2.24) is 5.32 Å². The first-order valence-electron chi connectivity index (χ1n) is 6.89. The van der Waals surface area contributed by atoms with E-state index in [1.165, 1.54) is 24.3 Å². The van der Waals surface area contributed by atoms with Gasteiger partial charge in [-0.15, -0.1) is 0 Å². The molecule has 5 nitrogen and oxygen atoms in total. The van der Waals surface area contributed by atoms with Crippen LogP contribution in [-0.4, -0.2) is 30.6 Å². The molecule has 0 bridgehead atoms. The van der Waals surface area contributed by atoms with Crippen LogP contribution in [-0.2, 0) is 14.3 Å². The van der Waals surface area contributed by atoms with E-state index in [1.807, 2.05) is 0 Å². The van der Waals surface area contributed by atoms with Crippen molar-refractivity contribution in [3.05, 3.63) is 35.9 Å². The van der Waals surface area contributed by atoms with Crippen molar-refractivity contribution < 1.29 is 27.8 Å². The van der Waals surface area contributed by atoms with Gasteiger partial charge in [0.15, 0.2) is 0 Å². The number of alkyl halides is 2. The Kier molecular flexibility index (Phi) is 6.68. The summed E-state index contributed by atoms with van der Waals surface area (Å²) in [6.07, 6.45) is 2.44. The van der Waals surface area contributed by atoms with E-state index >= 15 is 0 Å². The number of nitrogens with one attached hydrogen (secondary N) is 1. The first kappa shape index (κ1) is 18.6. The van der Waals surface area contributed by atoms with Crippen molar-refractivity contribution in [1.29, 1.82) is 0 Å². The second-order valence-corrected chi connectivity index (χ2v) is 5.55. The lowest BCUT2D eigenvalue weighted by atomic mass is 10.2. The molecule has 0 heterocycles. The fourth-order valence-corrected chi connectivity index (χ4v) is 1.58. The Morgan fingerprint density at radius 2 is 1.91 bits per heavy atom. The molecule has 0 radical (unpaired) electrons. The van der Waals surface area contributed by atoms with Gasteiger partial charge in [0.05, 0.1) is 0 Å². The number of ether oxygens (including phenoxy) is 2. The molecule has 1 aromatic carbocycles. The number of hydrogen-bond acceptors (Lipinski definition) is 4. The molecular formula is C16H19F2NO4. The third-order valence-corrected chi connectivity index (χ3v) is 2.38. The van der Waals surface area contributed by atoms with Gasteiger partial charge in [0.1, 0.15) is 17.9 Å². The largest absolute Gasteiger partial charge is 0.459 e. The summed E-state index contributed by atoms with van der Waals surface area (Å²) in [6, 6.07) is 6.05. The zero-order chi connectivity index (χ0) is 17.5. The van der Waals surface area contributed by atoms with Gasteiger partial charge in [-0.05, 0) is 32.9 Å². The number of benzene rings is 1. The molecule has 0 saturated heterocycles. The summed E-state index contributed by atoms with van der Waals surface area (Å²) in [6.45, 7) is 1.91. The first-order chi connectivity index (χ1) is 10.7. The molecule has 0 atom stereocenters. The minimum atomic E-state index is -2.95. The third kappa shape index (κ3) is 7.94. The van der Waals surface area contributed by atoms with Crippen LogP contribution in [0.3, 0.4) is 0 Å². The second-order valence-electron chi connectivity index (χ2n) is 5.55. The summed E-state index contributed by atoms with van der Waals surface area (Å²) in [5.74, 6) is -1.16. The summed E-state index contributed by atoms with van der Waals surface area (Å²) in [5.41, 5.74) is -0.316. The predicted octanol–water partition coefficient (Wildman–Crippen LogP) is 2.76. The van der Waals surface area contributed by atoms with E-state index in [2.05, 4.69) is 10.1 Å². The number of carbonyl (C=O) groups excluding carboxylic acids is 2. The van der Waals surface area contributed by atoms with Gasteiger partial charge in [-0.25, -0.2) is 0 Å². The van der Waals surface area contributed by atoms with E-state index in [1.54, 1.807) is 26.8 Å². The first-order valence-corrected chi connectivity index (χ1v) is 6.89. The molecule has 1 aromatic rings. The Hall–Kier alpha value is -2.44. The number of rotatable bonds is 6. The van der Waals surface area contributed by atoms with Crippen LogP contribution in [0.5, 0.6) is 5.75 Å². The van der Waals surface area contributed by atoms with E-state index in [0.717, 1.165) is 6.08 Å². The lowest BCUT2D eigenvalue weighted by Gasteiger charge is -2.19. The summed E-state index contributed by atoms with van der Waals surface area (Å²) in [7, 11) is 0. The molecule has 0 fully saturated rings. The molecule has 1 rings (SSSR count). The molecule has 0 aliphatic heterocycles. The van der Waals surface area contributed by atoms with Crippen LogP contribution < -0.4 is 10.1 Å².